The van der Waals surface area contributed by atoms with Crippen molar-refractivity contribution >= 4 is 0 Å². The van der Waals surface area contributed by atoms with Crippen LogP contribution < -0.4 is 10.5 Å². The molecule has 0 amide bonds. The van der Waals surface area contributed by atoms with Gasteiger partial charge in [-0.2, -0.15) is 4.98 Å². The van der Waals surface area contributed by atoms with E-state index in [9.17, 15) is 0 Å². The number of rotatable bonds is 5. The molecule has 0 unspecified atom stereocenters. The van der Waals surface area contributed by atoms with Crippen LogP contribution in [0.5, 0.6) is 5.88 Å². The minimum absolute atomic E-state index is 0.234. The van der Waals surface area contributed by atoms with E-state index in [0.717, 1.165) is 12.8 Å². The SMILES string of the molecule is CCC[C@H](N)c1nc(-c2ccc(OC)nn2)no1. The predicted octanol–water partition coefficient (Wildman–Crippen LogP) is 1.34. The van der Waals surface area contributed by atoms with Gasteiger partial charge in [0.05, 0.1) is 13.2 Å². The molecule has 2 aromatic rings. The summed E-state index contributed by atoms with van der Waals surface area (Å²) in [5.41, 5.74) is 6.41. The maximum Gasteiger partial charge on any atom is 0.243 e. The lowest BCUT2D eigenvalue weighted by molar-refractivity contribution is 0.348. The Morgan fingerprint density at radius 3 is 2.83 bits per heavy atom. The lowest BCUT2D eigenvalue weighted by Gasteiger charge is -2.02. The van der Waals surface area contributed by atoms with Crippen LogP contribution in [-0.2, 0) is 0 Å². The normalized spacial score (nSPS) is 12.4. The first kappa shape index (κ1) is 12.4. The standard InChI is InChI=1S/C11H15N5O2/c1-3-4-7(12)11-13-10(16-18-11)8-5-6-9(17-2)15-14-8/h5-7H,3-4,12H2,1-2H3/t7-/m0/s1. The van der Waals surface area contributed by atoms with Crippen molar-refractivity contribution in [3.8, 4) is 17.4 Å². The van der Waals surface area contributed by atoms with Gasteiger partial charge in [-0.05, 0) is 12.5 Å². The van der Waals surface area contributed by atoms with Gasteiger partial charge in [0.2, 0.25) is 17.6 Å². The van der Waals surface area contributed by atoms with Crippen molar-refractivity contribution in [1.82, 2.24) is 20.3 Å². The van der Waals surface area contributed by atoms with E-state index in [1.807, 2.05) is 6.92 Å². The molecule has 7 heteroatoms. The number of nitrogens with zero attached hydrogens (tertiary/aromatic N) is 4. The second-order valence-corrected chi connectivity index (χ2v) is 3.81. The minimum Gasteiger partial charge on any atom is -0.480 e. The van der Waals surface area contributed by atoms with E-state index in [2.05, 4.69) is 20.3 Å². The second kappa shape index (κ2) is 5.54. The highest BCUT2D eigenvalue weighted by atomic mass is 16.5. The Morgan fingerprint density at radius 2 is 2.22 bits per heavy atom. The Morgan fingerprint density at radius 1 is 1.39 bits per heavy atom. The maximum atomic E-state index is 5.89. The molecule has 0 saturated carbocycles. The molecule has 0 aliphatic rings. The molecule has 0 fully saturated rings. The van der Waals surface area contributed by atoms with E-state index in [1.165, 1.54) is 7.11 Å². The quantitative estimate of drug-likeness (QED) is 0.853. The molecule has 18 heavy (non-hydrogen) atoms. The van der Waals surface area contributed by atoms with Crippen molar-refractivity contribution in [2.24, 2.45) is 5.73 Å². The molecule has 2 aromatic heterocycles. The van der Waals surface area contributed by atoms with Gasteiger partial charge < -0.3 is 15.0 Å². The molecule has 2 heterocycles. The monoisotopic (exact) mass is 249 g/mol. The van der Waals surface area contributed by atoms with Crippen molar-refractivity contribution < 1.29 is 9.26 Å². The Labute approximate surface area is 104 Å². The van der Waals surface area contributed by atoms with Crippen LogP contribution in [0, 0.1) is 0 Å². The van der Waals surface area contributed by atoms with Gasteiger partial charge in [0.25, 0.3) is 0 Å². The van der Waals surface area contributed by atoms with Crippen LogP contribution in [0.1, 0.15) is 31.7 Å². The molecule has 0 aliphatic heterocycles. The summed E-state index contributed by atoms with van der Waals surface area (Å²) in [4.78, 5) is 4.21. The maximum absolute atomic E-state index is 5.89. The molecule has 0 radical (unpaired) electrons. The van der Waals surface area contributed by atoms with Gasteiger partial charge in [-0.25, -0.2) is 0 Å². The molecule has 2 rings (SSSR count). The van der Waals surface area contributed by atoms with Gasteiger partial charge in [0.15, 0.2) is 0 Å². The highest BCUT2D eigenvalue weighted by molar-refractivity contribution is 5.47. The summed E-state index contributed by atoms with van der Waals surface area (Å²) < 4.78 is 10.0. The molecule has 0 saturated heterocycles. The van der Waals surface area contributed by atoms with Crippen molar-refractivity contribution in [3.05, 3.63) is 18.0 Å². The third-order valence-electron chi connectivity index (χ3n) is 2.44. The lowest BCUT2D eigenvalue weighted by atomic mass is 10.2. The zero-order valence-electron chi connectivity index (χ0n) is 10.3. The Kier molecular flexibility index (Phi) is 3.83. The summed E-state index contributed by atoms with van der Waals surface area (Å²) in [5.74, 6) is 1.24. The van der Waals surface area contributed by atoms with Crippen LogP contribution in [0.3, 0.4) is 0 Å². The van der Waals surface area contributed by atoms with Gasteiger partial charge in [-0.3, -0.25) is 0 Å². The van der Waals surface area contributed by atoms with E-state index in [0.29, 0.717) is 23.3 Å². The highest BCUT2D eigenvalue weighted by Gasteiger charge is 2.15. The van der Waals surface area contributed by atoms with Crippen LogP contribution in [-0.4, -0.2) is 27.4 Å². The van der Waals surface area contributed by atoms with Crippen molar-refractivity contribution in [3.63, 3.8) is 0 Å². The first-order chi connectivity index (χ1) is 8.74. The Balaban J connectivity index is 2.18. The van der Waals surface area contributed by atoms with Crippen LogP contribution in [0.15, 0.2) is 16.7 Å². The first-order valence-corrected chi connectivity index (χ1v) is 5.72. The third-order valence-corrected chi connectivity index (χ3v) is 2.44. The highest BCUT2D eigenvalue weighted by Crippen LogP contribution is 2.18. The number of hydrogen-bond donors (Lipinski definition) is 1. The van der Waals surface area contributed by atoms with E-state index in [-0.39, 0.29) is 6.04 Å². The van der Waals surface area contributed by atoms with Crippen molar-refractivity contribution in [2.45, 2.75) is 25.8 Å². The molecule has 96 valence electrons. The van der Waals surface area contributed by atoms with E-state index < -0.39 is 0 Å². The first-order valence-electron chi connectivity index (χ1n) is 5.72. The van der Waals surface area contributed by atoms with Gasteiger partial charge in [-0.1, -0.05) is 18.5 Å². The molecule has 0 aromatic carbocycles. The smallest absolute Gasteiger partial charge is 0.243 e. The number of hydrogen-bond acceptors (Lipinski definition) is 7. The molecule has 0 spiro atoms. The largest absolute Gasteiger partial charge is 0.480 e. The van der Waals surface area contributed by atoms with Crippen LogP contribution >= 0.6 is 0 Å². The van der Waals surface area contributed by atoms with Gasteiger partial charge >= 0.3 is 0 Å². The average molecular weight is 249 g/mol. The predicted molar refractivity (Wildman–Crippen MR) is 63.7 cm³/mol. The van der Waals surface area contributed by atoms with E-state index in [1.54, 1.807) is 12.1 Å². The van der Waals surface area contributed by atoms with Gasteiger partial charge in [-0.15, -0.1) is 10.2 Å². The molecular formula is C11H15N5O2. The van der Waals surface area contributed by atoms with Crippen molar-refractivity contribution in [2.75, 3.05) is 7.11 Å². The molecular weight excluding hydrogens is 234 g/mol. The summed E-state index contributed by atoms with van der Waals surface area (Å²) in [6.07, 6.45) is 1.76. The number of methoxy groups -OCH3 is 1. The van der Waals surface area contributed by atoms with E-state index in [4.69, 9.17) is 15.0 Å². The van der Waals surface area contributed by atoms with E-state index >= 15 is 0 Å². The second-order valence-electron chi connectivity index (χ2n) is 3.81. The minimum atomic E-state index is -0.234. The lowest BCUT2D eigenvalue weighted by Crippen LogP contribution is -2.09. The summed E-state index contributed by atoms with van der Waals surface area (Å²) in [5, 5.41) is 11.6. The molecule has 7 nitrogen and oxygen atoms in total. The van der Waals surface area contributed by atoms with Crippen molar-refractivity contribution in [1.29, 1.82) is 0 Å². The summed E-state index contributed by atoms with van der Waals surface area (Å²) >= 11 is 0. The van der Waals surface area contributed by atoms with Crippen LogP contribution in [0.4, 0.5) is 0 Å². The average Bonchev–Trinajstić information content (AvgIpc) is 2.89. The van der Waals surface area contributed by atoms with Gasteiger partial charge in [0, 0.05) is 6.07 Å². The molecule has 0 bridgehead atoms. The zero-order valence-corrected chi connectivity index (χ0v) is 10.3. The molecule has 2 N–H and O–H groups in total. The van der Waals surface area contributed by atoms with Crippen LogP contribution in [0.25, 0.3) is 11.5 Å². The van der Waals surface area contributed by atoms with Crippen LogP contribution in [0.2, 0.25) is 0 Å². The Hall–Kier alpha value is -2.02. The third kappa shape index (κ3) is 2.62. The summed E-state index contributed by atoms with van der Waals surface area (Å²) in [7, 11) is 1.53. The summed E-state index contributed by atoms with van der Waals surface area (Å²) in [6, 6.07) is 3.17. The molecule has 0 aliphatic carbocycles. The van der Waals surface area contributed by atoms with Gasteiger partial charge in [0.1, 0.15) is 5.69 Å². The fourth-order valence-corrected chi connectivity index (χ4v) is 1.47. The molecule has 1 atom stereocenters. The Bertz CT molecular complexity index is 496. The zero-order chi connectivity index (χ0) is 13.0. The number of aromatic nitrogens is 4. The topological polar surface area (TPSA) is 100.0 Å². The number of ether oxygens (including phenoxy) is 1. The fourth-order valence-electron chi connectivity index (χ4n) is 1.47. The summed E-state index contributed by atoms with van der Waals surface area (Å²) in [6.45, 7) is 2.05. The number of nitrogens with two attached hydrogens (primary N) is 1. The fraction of sp³-hybridized carbons (Fsp3) is 0.455.